The molecule has 24 heavy (non-hydrogen) atoms. The summed E-state index contributed by atoms with van der Waals surface area (Å²) in [4.78, 5) is 25.8. The van der Waals surface area contributed by atoms with E-state index in [4.69, 9.17) is 4.74 Å². The summed E-state index contributed by atoms with van der Waals surface area (Å²) in [5.74, 6) is -1.16. The number of amides is 1. The number of carbonyl (C=O) groups is 2. The molecular formula is C18H26N2O4. The van der Waals surface area contributed by atoms with Crippen LogP contribution in [0.1, 0.15) is 25.8 Å². The van der Waals surface area contributed by atoms with E-state index in [1.54, 1.807) is 0 Å². The van der Waals surface area contributed by atoms with Gasteiger partial charge < -0.3 is 15.2 Å². The molecule has 0 aromatic heterocycles. The highest BCUT2D eigenvalue weighted by molar-refractivity contribution is 5.86. The molecule has 6 heteroatoms. The van der Waals surface area contributed by atoms with Crippen LogP contribution >= 0.6 is 0 Å². The van der Waals surface area contributed by atoms with Gasteiger partial charge in [0.15, 0.2) is 0 Å². The quantitative estimate of drug-likeness (QED) is 0.790. The fourth-order valence-electron chi connectivity index (χ4n) is 2.80. The van der Waals surface area contributed by atoms with Gasteiger partial charge >= 0.3 is 5.97 Å². The molecule has 0 spiro atoms. The van der Waals surface area contributed by atoms with Gasteiger partial charge in [0.2, 0.25) is 0 Å². The van der Waals surface area contributed by atoms with Gasteiger partial charge in [-0.3, -0.25) is 9.69 Å². The van der Waals surface area contributed by atoms with Crippen LogP contribution in [0, 0.1) is 5.92 Å². The van der Waals surface area contributed by atoms with E-state index < -0.39 is 18.1 Å². The van der Waals surface area contributed by atoms with E-state index in [1.807, 2.05) is 44.2 Å². The summed E-state index contributed by atoms with van der Waals surface area (Å²) in [5, 5.41) is 11.9. The number of aliphatic carboxylic acids is 1. The van der Waals surface area contributed by atoms with E-state index in [9.17, 15) is 14.7 Å². The lowest BCUT2D eigenvalue weighted by Gasteiger charge is -2.32. The Labute approximate surface area is 142 Å². The summed E-state index contributed by atoms with van der Waals surface area (Å²) in [7, 11) is 0. The Morgan fingerprint density at radius 1 is 1.33 bits per heavy atom. The van der Waals surface area contributed by atoms with Crippen molar-refractivity contribution in [2.45, 2.75) is 39.0 Å². The Morgan fingerprint density at radius 2 is 2.04 bits per heavy atom. The van der Waals surface area contributed by atoms with Crippen molar-refractivity contribution >= 4 is 11.9 Å². The largest absolute Gasteiger partial charge is 0.480 e. The van der Waals surface area contributed by atoms with Gasteiger partial charge in [-0.1, -0.05) is 44.2 Å². The predicted octanol–water partition coefficient (Wildman–Crippen LogP) is 1.50. The molecule has 1 aromatic carbocycles. The molecule has 0 aliphatic carbocycles. The highest BCUT2D eigenvalue weighted by atomic mass is 16.5. The maximum absolute atomic E-state index is 12.4. The van der Waals surface area contributed by atoms with Crippen molar-refractivity contribution in [3.63, 3.8) is 0 Å². The van der Waals surface area contributed by atoms with Crippen molar-refractivity contribution in [1.29, 1.82) is 0 Å². The smallest absolute Gasteiger partial charge is 0.326 e. The molecule has 1 aliphatic heterocycles. The highest BCUT2D eigenvalue weighted by Crippen LogP contribution is 2.12. The number of carbonyl (C=O) groups excluding carboxylic acids is 1. The first-order chi connectivity index (χ1) is 11.5. The summed E-state index contributed by atoms with van der Waals surface area (Å²) in [6, 6.07) is 9.18. The van der Waals surface area contributed by atoms with E-state index >= 15 is 0 Å². The van der Waals surface area contributed by atoms with Crippen molar-refractivity contribution in [3.05, 3.63) is 35.9 Å². The van der Waals surface area contributed by atoms with Gasteiger partial charge in [0, 0.05) is 19.6 Å². The van der Waals surface area contributed by atoms with E-state index in [-0.39, 0.29) is 11.8 Å². The lowest BCUT2D eigenvalue weighted by Crippen LogP contribution is -2.53. The zero-order valence-electron chi connectivity index (χ0n) is 14.3. The van der Waals surface area contributed by atoms with Crippen LogP contribution in [0.3, 0.4) is 0 Å². The molecule has 1 saturated heterocycles. The SMILES string of the molecule is CC(C)C[C@H](NC(=O)[C@@H]1CN(Cc2ccccc2)CCO1)C(=O)O. The van der Waals surface area contributed by atoms with Crippen LogP contribution in [-0.2, 0) is 20.9 Å². The Kier molecular flexibility index (Phi) is 6.75. The third kappa shape index (κ3) is 5.62. The van der Waals surface area contributed by atoms with Crippen molar-refractivity contribution in [1.82, 2.24) is 10.2 Å². The fraction of sp³-hybridized carbons (Fsp3) is 0.556. The Bertz CT molecular complexity index is 547. The lowest BCUT2D eigenvalue weighted by atomic mass is 10.0. The lowest BCUT2D eigenvalue weighted by molar-refractivity contribution is -0.147. The summed E-state index contributed by atoms with van der Waals surface area (Å²) < 4.78 is 5.55. The average molecular weight is 334 g/mol. The molecule has 1 amide bonds. The molecule has 1 aromatic rings. The molecular weight excluding hydrogens is 308 g/mol. The van der Waals surface area contributed by atoms with Crippen LogP contribution in [0.5, 0.6) is 0 Å². The van der Waals surface area contributed by atoms with Gasteiger partial charge in [-0.25, -0.2) is 4.79 Å². The second-order valence-electron chi connectivity index (χ2n) is 6.61. The monoisotopic (exact) mass is 334 g/mol. The standard InChI is InChI=1S/C18H26N2O4/c1-13(2)10-15(18(22)23)19-17(21)16-12-20(8-9-24-16)11-14-6-4-3-5-7-14/h3-7,13,15-16H,8-12H2,1-2H3,(H,19,21)(H,22,23)/t15-,16-/m0/s1. The van der Waals surface area contributed by atoms with Crippen LogP contribution in [0.25, 0.3) is 0 Å². The third-order valence-corrected chi connectivity index (χ3v) is 4.01. The van der Waals surface area contributed by atoms with Crippen molar-refractivity contribution < 1.29 is 19.4 Å². The Balaban J connectivity index is 1.90. The first-order valence-electron chi connectivity index (χ1n) is 8.36. The molecule has 0 radical (unpaired) electrons. The zero-order chi connectivity index (χ0) is 17.5. The molecule has 0 unspecified atom stereocenters. The Morgan fingerprint density at radius 3 is 2.67 bits per heavy atom. The summed E-state index contributed by atoms with van der Waals surface area (Å²) >= 11 is 0. The number of nitrogens with zero attached hydrogens (tertiary/aromatic N) is 1. The summed E-state index contributed by atoms with van der Waals surface area (Å²) in [6.45, 7) is 6.30. The minimum atomic E-state index is -1.01. The maximum atomic E-state index is 12.4. The van der Waals surface area contributed by atoms with Gasteiger partial charge in [-0.15, -0.1) is 0 Å². The molecule has 1 heterocycles. The highest BCUT2D eigenvalue weighted by Gasteiger charge is 2.30. The van der Waals surface area contributed by atoms with Crippen LogP contribution < -0.4 is 5.32 Å². The summed E-state index contributed by atoms with van der Waals surface area (Å²) in [6.07, 6.45) is -0.224. The molecule has 132 valence electrons. The number of morpholine rings is 1. The van der Waals surface area contributed by atoms with Crippen molar-refractivity contribution in [2.75, 3.05) is 19.7 Å². The van der Waals surface area contributed by atoms with Crippen LogP contribution in [0.2, 0.25) is 0 Å². The minimum Gasteiger partial charge on any atom is -0.480 e. The van der Waals surface area contributed by atoms with Crippen LogP contribution in [0.15, 0.2) is 30.3 Å². The van der Waals surface area contributed by atoms with E-state index in [0.717, 1.165) is 13.1 Å². The fourth-order valence-corrected chi connectivity index (χ4v) is 2.80. The van der Waals surface area contributed by atoms with Crippen LogP contribution in [-0.4, -0.2) is 53.7 Å². The number of carboxylic acid groups (broad SMARTS) is 1. The third-order valence-electron chi connectivity index (χ3n) is 4.01. The first kappa shape index (κ1) is 18.4. The topological polar surface area (TPSA) is 78.9 Å². The van der Waals surface area contributed by atoms with Gasteiger partial charge in [0.1, 0.15) is 12.1 Å². The maximum Gasteiger partial charge on any atom is 0.326 e. The van der Waals surface area contributed by atoms with Gasteiger partial charge in [0.05, 0.1) is 6.61 Å². The number of nitrogens with one attached hydrogen (secondary N) is 1. The van der Waals surface area contributed by atoms with Crippen molar-refractivity contribution in [2.24, 2.45) is 5.92 Å². The summed E-state index contributed by atoms with van der Waals surface area (Å²) in [5.41, 5.74) is 1.18. The van der Waals surface area contributed by atoms with E-state index in [0.29, 0.717) is 19.6 Å². The molecule has 1 aliphatic rings. The molecule has 6 nitrogen and oxygen atoms in total. The number of ether oxygens (including phenoxy) is 1. The Hall–Kier alpha value is -1.92. The molecule has 2 atom stereocenters. The number of hydrogen-bond acceptors (Lipinski definition) is 4. The number of carboxylic acids is 1. The molecule has 0 saturated carbocycles. The van der Waals surface area contributed by atoms with Gasteiger partial charge in [0.25, 0.3) is 5.91 Å². The van der Waals surface area contributed by atoms with Crippen LogP contribution in [0.4, 0.5) is 0 Å². The number of benzene rings is 1. The molecule has 1 fully saturated rings. The zero-order valence-corrected chi connectivity index (χ0v) is 14.3. The second-order valence-corrected chi connectivity index (χ2v) is 6.61. The first-order valence-corrected chi connectivity index (χ1v) is 8.36. The van der Waals surface area contributed by atoms with E-state index in [1.165, 1.54) is 5.56 Å². The predicted molar refractivity (Wildman–Crippen MR) is 90.5 cm³/mol. The second kappa shape index (κ2) is 8.80. The minimum absolute atomic E-state index is 0.188. The average Bonchev–Trinajstić information content (AvgIpc) is 2.55. The number of rotatable bonds is 7. The van der Waals surface area contributed by atoms with Crippen molar-refractivity contribution in [3.8, 4) is 0 Å². The molecule has 2 rings (SSSR count). The number of hydrogen-bond donors (Lipinski definition) is 2. The molecule has 0 bridgehead atoms. The van der Waals surface area contributed by atoms with E-state index in [2.05, 4.69) is 10.2 Å². The van der Waals surface area contributed by atoms with Gasteiger partial charge in [-0.2, -0.15) is 0 Å². The van der Waals surface area contributed by atoms with Gasteiger partial charge in [-0.05, 0) is 17.9 Å². The molecule has 2 N–H and O–H groups in total. The normalized spacial score (nSPS) is 19.9.